The Morgan fingerprint density at radius 3 is 2.75 bits per heavy atom. The summed E-state index contributed by atoms with van der Waals surface area (Å²) in [4.78, 5) is 0. The maximum absolute atomic E-state index is 5.11. The Bertz CT molecular complexity index is 70.9. The Labute approximate surface area is 58.9 Å². The summed E-state index contributed by atoms with van der Waals surface area (Å²) in [6, 6.07) is 0. The molecule has 8 heavy (non-hydrogen) atoms. The van der Waals surface area contributed by atoms with E-state index >= 15 is 0 Å². The maximum atomic E-state index is 5.11. The van der Waals surface area contributed by atoms with Gasteiger partial charge in [-0.25, -0.2) is 0 Å². The Balaban J connectivity index is 3.17. The fourth-order valence-corrected chi connectivity index (χ4v) is 0.936. The molecule has 0 bridgehead atoms. The number of allylic oxidation sites excluding steroid dienone is 1. The van der Waals surface area contributed by atoms with Gasteiger partial charge in [-0.15, -0.1) is 0 Å². The molecule has 1 atom stereocenters. The highest BCUT2D eigenvalue weighted by Crippen LogP contribution is 2.01. The van der Waals surface area contributed by atoms with Gasteiger partial charge in [-0.1, -0.05) is 22.0 Å². The summed E-state index contributed by atoms with van der Waals surface area (Å²) >= 11 is 3.29. The summed E-state index contributed by atoms with van der Waals surface area (Å²) in [5, 5.41) is 0.0949. The molecule has 0 spiro atoms. The second-order valence-electron chi connectivity index (χ2n) is 1.33. The highest BCUT2D eigenvalue weighted by molar-refractivity contribution is 9.09. The van der Waals surface area contributed by atoms with Crippen molar-refractivity contribution < 1.29 is 4.74 Å². The van der Waals surface area contributed by atoms with Crippen LogP contribution in [-0.4, -0.2) is 11.6 Å². The van der Waals surface area contributed by atoms with E-state index in [4.69, 9.17) is 4.74 Å². The number of rotatable bonds is 3. The van der Waals surface area contributed by atoms with Crippen molar-refractivity contribution in [3.63, 3.8) is 0 Å². The van der Waals surface area contributed by atoms with Crippen LogP contribution in [0.3, 0.4) is 0 Å². The van der Waals surface area contributed by atoms with Crippen LogP contribution in [0, 0.1) is 0 Å². The van der Waals surface area contributed by atoms with E-state index in [2.05, 4.69) is 15.9 Å². The summed E-state index contributed by atoms with van der Waals surface area (Å²) in [6.45, 7) is 4.69. The molecule has 0 radical (unpaired) electrons. The molecule has 0 saturated heterocycles. The van der Waals surface area contributed by atoms with E-state index in [1.807, 2.05) is 26.0 Å². The first kappa shape index (κ1) is 8.18. The Kier molecular flexibility index (Phi) is 5.44. The molecular weight excluding hydrogens is 168 g/mol. The summed E-state index contributed by atoms with van der Waals surface area (Å²) in [6.07, 6.45) is 3.90. The fourth-order valence-electron chi connectivity index (χ4n) is 0.366. The lowest BCUT2D eigenvalue weighted by Gasteiger charge is -2.01. The molecule has 48 valence electrons. The van der Waals surface area contributed by atoms with E-state index in [1.165, 1.54) is 0 Å². The van der Waals surface area contributed by atoms with E-state index < -0.39 is 0 Å². The maximum Gasteiger partial charge on any atom is 0.130 e. The van der Waals surface area contributed by atoms with E-state index in [9.17, 15) is 0 Å². The average molecular weight is 179 g/mol. The second-order valence-corrected chi connectivity index (χ2v) is 2.23. The standard InChI is InChI=1S/C6H11BrO/c1-3-5-6(7)8-4-2/h3,5-6H,4H2,1-2H3. The van der Waals surface area contributed by atoms with E-state index in [0.717, 1.165) is 6.61 Å². The smallest absolute Gasteiger partial charge is 0.130 e. The molecule has 1 nitrogen and oxygen atoms in total. The minimum absolute atomic E-state index is 0.0949. The molecule has 0 aliphatic heterocycles. The number of halogens is 1. The van der Waals surface area contributed by atoms with Gasteiger partial charge in [0.2, 0.25) is 0 Å². The third kappa shape index (κ3) is 4.34. The zero-order chi connectivity index (χ0) is 6.41. The monoisotopic (exact) mass is 178 g/mol. The van der Waals surface area contributed by atoms with Crippen LogP contribution in [-0.2, 0) is 4.74 Å². The third-order valence-electron chi connectivity index (χ3n) is 0.670. The van der Waals surface area contributed by atoms with Crippen molar-refractivity contribution >= 4 is 15.9 Å². The predicted molar refractivity (Wildman–Crippen MR) is 39.2 cm³/mol. The Hall–Kier alpha value is 0.180. The number of hydrogen-bond acceptors (Lipinski definition) is 1. The molecule has 0 amide bonds. The highest BCUT2D eigenvalue weighted by Gasteiger charge is 1.91. The SMILES string of the molecule is CC=CC(Br)OCC. The molecule has 0 heterocycles. The second kappa shape index (κ2) is 5.32. The normalized spacial score (nSPS) is 14.9. The van der Waals surface area contributed by atoms with Gasteiger partial charge in [0.25, 0.3) is 0 Å². The lowest BCUT2D eigenvalue weighted by Crippen LogP contribution is -1.98. The molecule has 0 N–H and O–H groups in total. The highest BCUT2D eigenvalue weighted by atomic mass is 79.9. The molecule has 0 saturated carbocycles. The number of alkyl halides is 1. The van der Waals surface area contributed by atoms with Crippen molar-refractivity contribution in [3.8, 4) is 0 Å². The zero-order valence-corrected chi connectivity index (χ0v) is 6.81. The number of hydrogen-bond donors (Lipinski definition) is 0. The van der Waals surface area contributed by atoms with E-state index in [1.54, 1.807) is 0 Å². The van der Waals surface area contributed by atoms with E-state index in [-0.39, 0.29) is 5.01 Å². The predicted octanol–water partition coefficient (Wildman–Crippen LogP) is 2.32. The van der Waals surface area contributed by atoms with Crippen LogP contribution >= 0.6 is 15.9 Å². The molecular formula is C6H11BrO. The van der Waals surface area contributed by atoms with Crippen LogP contribution in [0.1, 0.15) is 13.8 Å². The third-order valence-corrected chi connectivity index (χ3v) is 1.24. The summed E-state index contributed by atoms with van der Waals surface area (Å²) < 4.78 is 5.11. The Morgan fingerprint density at radius 1 is 1.75 bits per heavy atom. The van der Waals surface area contributed by atoms with Gasteiger partial charge in [-0.2, -0.15) is 0 Å². The molecule has 0 aliphatic rings. The minimum atomic E-state index is 0.0949. The van der Waals surface area contributed by atoms with Crippen molar-refractivity contribution in [2.24, 2.45) is 0 Å². The largest absolute Gasteiger partial charge is 0.363 e. The fraction of sp³-hybridized carbons (Fsp3) is 0.667. The summed E-state index contributed by atoms with van der Waals surface area (Å²) in [5.74, 6) is 0. The topological polar surface area (TPSA) is 9.23 Å². The van der Waals surface area contributed by atoms with Gasteiger partial charge in [0.05, 0.1) is 0 Å². The van der Waals surface area contributed by atoms with Crippen LogP contribution < -0.4 is 0 Å². The van der Waals surface area contributed by atoms with Gasteiger partial charge >= 0.3 is 0 Å². The van der Waals surface area contributed by atoms with Crippen LogP contribution in [0.5, 0.6) is 0 Å². The molecule has 0 aromatic carbocycles. The molecule has 0 fully saturated rings. The average Bonchev–Trinajstić information content (AvgIpc) is 1.68. The lowest BCUT2D eigenvalue weighted by atomic mass is 10.5. The van der Waals surface area contributed by atoms with Crippen LogP contribution in [0.4, 0.5) is 0 Å². The molecule has 2 heteroatoms. The van der Waals surface area contributed by atoms with Crippen molar-refractivity contribution in [2.75, 3.05) is 6.61 Å². The van der Waals surface area contributed by atoms with Crippen molar-refractivity contribution in [1.29, 1.82) is 0 Å². The number of ether oxygens (including phenoxy) is 1. The van der Waals surface area contributed by atoms with Crippen molar-refractivity contribution in [2.45, 2.75) is 18.9 Å². The van der Waals surface area contributed by atoms with Crippen molar-refractivity contribution in [1.82, 2.24) is 0 Å². The van der Waals surface area contributed by atoms with Gasteiger partial charge < -0.3 is 4.74 Å². The van der Waals surface area contributed by atoms with Crippen LogP contribution in [0.15, 0.2) is 12.2 Å². The van der Waals surface area contributed by atoms with E-state index in [0.29, 0.717) is 0 Å². The molecule has 0 rings (SSSR count). The molecule has 1 unspecified atom stereocenters. The van der Waals surface area contributed by atoms with Crippen molar-refractivity contribution in [3.05, 3.63) is 12.2 Å². The zero-order valence-electron chi connectivity index (χ0n) is 5.23. The summed E-state index contributed by atoms with van der Waals surface area (Å²) in [5.41, 5.74) is 0. The first-order valence-electron chi connectivity index (χ1n) is 2.69. The first-order chi connectivity index (χ1) is 3.81. The minimum Gasteiger partial charge on any atom is -0.363 e. The molecule has 0 aromatic heterocycles. The molecule has 0 aromatic rings. The van der Waals surface area contributed by atoms with Gasteiger partial charge in [0, 0.05) is 6.61 Å². The van der Waals surface area contributed by atoms with Gasteiger partial charge in [-0.3, -0.25) is 0 Å². The Morgan fingerprint density at radius 2 is 2.38 bits per heavy atom. The van der Waals surface area contributed by atoms with Gasteiger partial charge in [-0.05, 0) is 19.9 Å². The lowest BCUT2D eigenvalue weighted by molar-refractivity contribution is 0.158. The quantitative estimate of drug-likeness (QED) is 0.477. The first-order valence-corrected chi connectivity index (χ1v) is 3.61. The van der Waals surface area contributed by atoms with Crippen LogP contribution in [0.25, 0.3) is 0 Å². The van der Waals surface area contributed by atoms with Gasteiger partial charge in [0.15, 0.2) is 0 Å². The van der Waals surface area contributed by atoms with Crippen LogP contribution in [0.2, 0.25) is 0 Å². The van der Waals surface area contributed by atoms with Gasteiger partial charge in [0.1, 0.15) is 5.01 Å². The molecule has 0 aliphatic carbocycles. The summed E-state index contributed by atoms with van der Waals surface area (Å²) in [7, 11) is 0.